The minimum absolute atomic E-state index is 0.133. The standard InChI is InChI=1S/C13H10F3NO/c1-7-2-3-9(15)11(4-7)18-12-6-8(14)5-10(16)13(12)17/h2-6H,17H2,1H3. The zero-order valence-electron chi connectivity index (χ0n) is 9.51. The molecule has 2 aromatic rings. The van der Waals surface area contributed by atoms with Crippen molar-refractivity contribution in [2.45, 2.75) is 6.92 Å². The zero-order chi connectivity index (χ0) is 13.3. The minimum Gasteiger partial charge on any atom is -0.452 e. The fourth-order valence-corrected chi connectivity index (χ4v) is 1.45. The summed E-state index contributed by atoms with van der Waals surface area (Å²) in [5, 5.41) is 0. The van der Waals surface area contributed by atoms with E-state index < -0.39 is 17.5 Å². The summed E-state index contributed by atoms with van der Waals surface area (Å²) in [4.78, 5) is 0. The van der Waals surface area contributed by atoms with Crippen LogP contribution >= 0.6 is 0 Å². The van der Waals surface area contributed by atoms with E-state index >= 15 is 0 Å². The maximum atomic E-state index is 13.4. The number of rotatable bonds is 2. The van der Waals surface area contributed by atoms with Crippen molar-refractivity contribution in [3.05, 3.63) is 53.3 Å². The van der Waals surface area contributed by atoms with Gasteiger partial charge in [0.15, 0.2) is 23.1 Å². The lowest BCUT2D eigenvalue weighted by Crippen LogP contribution is -1.98. The first kappa shape index (κ1) is 12.3. The van der Waals surface area contributed by atoms with Crippen LogP contribution in [0.1, 0.15) is 5.56 Å². The van der Waals surface area contributed by atoms with Gasteiger partial charge in [-0.1, -0.05) is 6.07 Å². The van der Waals surface area contributed by atoms with E-state index in [1.54, 1.807) is 13.0 Å². The van der Waals surface area contributed by atoms with E-state index in [0.29, 0.717) is 6.07 Å². The van der Waals surface area contributed by atoms with Crippen LogP contribution in [0.25, 0.3) is 0 Å². The Balaban J connectivity index is 2.43. The van der Waals surface area contributed by atoms with Gasteiger partial charge in [0.1, 0.15) is 11.5 Å². The summed E-state index contributed by atoms with van der Waals surface area (Å²) in [6, 6.07) is 5.71. The van der Waals surface area contributed by atoms with Gasteiger partial charge in [-0.15, -0.1) is 0 Å². The lowest BCUT2D eigenvalue weighted by Gasteiger charge is -2.10. The zero-order valence-corrected chi connectivity index (χ0v) is 9.51. The number of ether oxygens (including phenoxy) is 1. The van der Waals surface area contributed by atoms with E-state index in [1.807, 2.05) is 0 Å². The van der Waals surface area contributed by atoms with Crippen LogP contribution in [-0.4, -0.2) is 0 Å². The second kappa shape index (κ2) is 4.60. The van der Waals surface area contributed by atoms with Crippen molar-refractivity contribution in [1.82, 2.24) is 0 Å². The molecule has 0 amide bonds. The molecule has 2 N–H and O–H groups in total. The summed E-state index contributed by atoms with van der Waals surface area (Å²) < 4.78 is 44.7. The predicted octanol–water partition coefficient (Wildman–Crippen LogP) is 3.79. The van der Waals surface area contributed by atoms with Crippen molar-refractivity contribution in [2.75, 3.05) is 5.73 Å². The Labute approximate surface area is 102 Å². The molecule has 0 radical (unpaired) electrons. The molecule has 0 fully saturated rings. The second-order valence-electron chi connectivity index (χ2n) is 3.84. The summed E-state index contributed by atoms with van der Waals surface area (Å²) in [5.74, 6) is -2.81. The Hall–Kier alpha value is -2.17. The molecule has 0 aromatic heterocycles. The molecule has 0 bridgehead atoms. The van der Waals surface area contributed by atoms with E-state index in [-0.39, 0.29) is 17.2 Å². The summed E-state index contributed by atoms with van der Waals surface area (Å²) in [6.45, 7) is 1.74. The molecule has 2 rings (SSSR count). The normalized spacial score (nSPS) is 10.4. The van der Waals surface area contributed by atoms with Gasteiger partial charge < -0.3 is 10.5 Å². The number of hydrogen-bond acceptors (Lipinski definition) is 2. The van der Waals surface area contributed by atoms with Crippen molar-refractivity contribution < 1.29 is 17.9 Å². The van der Waals surface area contributed by atoms with Gasteiger partial charge in [0.25, 0.3) is 0 Å². The summed E-state index contributed by atoms with van der Waals surface area (Å²) >= 11 is 0. The van der Waals surface area contributed by atoms with E-state index in [4.69, 9.17) is 10.5 Å². The molecular formula is C13H10F3NO. The highest BCUT2D eigenvalue weighted by atomic mass is 19.1. The van der Waals surface area contributed by atoms with Crippen LogP contribution in [0.2, 0.25) is 0 Å². The van der Waals surface area contributed by atoms with Crippen LogP contribution in [0.5, 0.6) is 11.5 Å². The molecule has 0 aliphatic carbocycles. The number of benzene rings is 2. The van der Waals surface area contributed by atoms with E-state index in [2.05, 4.69) is 0 Å². The maximum absolute atomic E-state index is 13.4. The first-order valence-corrected chi connectivity index (χ1v) is 5.16. The van der Waals surface area contributed by atoms with Crippen molar-refractivity contribution in [3.8, 4) is 11.5 Å². The van der Waals surface area contributed by atoms with Crippen molar-refractivity contribution in [1.29, 1.82) is 0 Å². The number of nitrogen functional groups attached to an aromatic ring is 1. The van der Waals surface area contributed by atoms with Crippen LogP contribution in [-0.2, 0) is 0 Å². The quantitative estimate of drug-likeness (QED) is 0.826. The number of anilines is 1. The Bertz CT molecular complexity index is 599. The highest BCUT2D eigenvalue weighted by Crippen LogP contribution is 2.32. The molecule has 2 aromatic carbocycles. The Morgan fingerprint density at radius 2 is 1.67 bits per heavy atom. The number of aryl methyl sites for hydroxylation is 1. The highest BCUT2D eigenvalue weighted by molar-refractivity contribution is 5.55. The SMILES string of the molecule is Cc1ccc(F)c(Oc2cc(F)cc(F)c2N)c1. The lowest BCUT2D eigenvalue weighted by molar-refractivity contribution is 0.436. The van der Waals surface area contributed by atoms with Crippen LogP contribution in [0.3, 0.4) is 0 Å². The van der Waals surface area contributed by atoms with E-state index in [0.717, 1.165) is 11.6 Å². The first-order chi connectivity index (χ1) is 8.47. The van der Waals surface area contributed by atoms with Crippen molar-refractivity contribution >= 4 is 5.69 Å². The van der Waals surface area contributed by atoms with Crippen LogP contribution in [0.15, 0.2) is 30.3 Å². The van der Waals surface area contributed by atoms with Crippen LogP contribution in [0.4, 0.5) is 18.9 Å². The molecule has 0 atom stereocenters. The van der Waals surface area contributed by atoms with Crippen molar-refractivity contribution in [3.63, 3.8) is 0 Å². The van der Waals surface area contributed by atoms with Gasteiger partial charge in [0.2, 0.25) is 0 Å². The molecule has 0 saturated carbocycles. The molecule has 0 unspecified atom stereocenters. The predicted molar refractivity (Wildman–Crippen MR) is 62.0 cm³/mol. The molecule has 0 saturated heterocycles. The summed E-state index contributed by atoms with van der Waals surface area (Å²) in [6.07, 6.45) is 0. The smallest absolute Gasteiger partial charge is 0.165 e. The first-order valence-electron chi connectivity index (χ1n) is 5.16. The molecule has 0 aliphatic rings. The molecule has 18 heavy (non-hydrogen) atoms. The fourth-order valence-electron chi connectivity index (χ4n) is 1.45. The monoisotopic (exact) mass is 253 g/mol. The summed E-state index contributed by atoms with van der Waals surface area (Å²) in [7, 11) is 0. The highest BCUT2D eigenvalue weighted by Gasteiger charge is 2.12. The molecule has 0 spiro atoms. The molecule has 94 valence electrons. The third-order valence-electron chi connectivity index (χ3n) is 2.36. The molecular weight excluding hydrogens is 243 g/mol. The Morgan fingerprint density at radius 3 is 2.39 bits per heavy atom. The third kappa shape index (κ3) is 2.40. The van der Waals surface area contributed by atoms with Gasteiger partial charge in [-0.3, -0.25) is 0 Å². The van der Waals surface area contributed by atoms with Gasteiger partial charge in [-0.25, -0.2) is 13.2 Å². The fraction of sp³-hybridized carbons (Fsp3) is 0.0769. The number of nitrogens with two attached hydrogens (primary N) is 1. The number of hydrogen-bond donors (Lipinski definition) is 1. The molecule has 0 heterocycles. The molecule has 2 nitrogen and oxygen atoms in total. The Kier molecular flexibility index (Phi) is 3.14. The van der Waals surface area contributed by atoms with Gasteiger partial charge >= 0.3 is 0 Å². The topological polar surface area (TPSA) is 35.2 Å². The largest absolute Gasteiger partial charge is 0.452 e. The minimum atomic E-state index is -0.946. The lowest BCUT2D eigenvalue weighted by atomic mass is 10.2. The summed E-state index contributed by atoms with van der Waals surface area (Å²) in [5.41, 5.74) is 5.79. The van der Waals surface area contributed by atoms with Gasteiger partial charge in [-0.2, -0.15) is 0 Å². The third-order valence-corrected chi connectivity index (χ3v) is 2.36. The Morgan fingerprint density at radius 1 is 0.944 bits per heavy atom. The van der Waals surface area contributed by atoms with Gasteiger partial charge in [-0.05, 0) is 24.6 Å². The van der Waals surface area contributed by atoms with Crippen LogP contribution < -0.4 is 10.5 Å². The number of halogens is 3. The van der Waals surface area contributed by atoms with E-state index in [1.165, 1.54) is 12.1 Å². The maximum Gasteiger partial charge on any atom is 0.165 e. The van der Waals surface area contributed by atoms with E-state index in [9.17, 15) is 13.2 Å². The molecule has 0 aliphatic heterocycles. The average Bonchev–Trinajstić information content (AvgIpc) is 2.30. The van der Waals surface area contributed by atoms with Crippen molar-refractivity contribution in [2.24, 2.45) is 0 Å². The second-order valence-corrected chi connectivity index (χ2v) is 3.84. The van der Waals surface area contributed by atoms with Crippen LogP contribution in [0, 0.1) is 24.4 Å². The van der Waals surface area contributed by atoms with Gasteiger partial charge in [0, 0.05) is 12.1 Å². The average molecular weight is 253 g/mol. The van der Waals surface area contributed by atoms with Gasteiger partial charge in [0.05, 0.1) is 0 Å². The molecule has 5 heteroatoms.